The van der Waals surface area contributed by atoms with Crippen molar-refractivity contribution in [3.8, 4) is 5.75 Å². The summed E-state index contributed by atoms with van der Waals surface area (Å²) < 4.78 is 0. The van der Waals surface area contributed by atoms with Crippen molar-refractivity contribution in [3.05, 3.63) is 87.2 Å². The molecule has 7 heteroatoms. The second kappa shape index (κ2) is 7.11. The summed E-state index contributed by atoms with van der Waals surface area (Å²) in [7, 11) is 0. The van der Waals surface area contributed by atoms with Crippen molar-refractivity contribution in [1.82, 2.24) is 4.98 Å². The third kappa shape index (κ3) is 3.26. The molecule has 0 unspecified atom stereocenters. The maximum Gasteiger partial charge on any atom is 0.256 e. The van der Waals surface area contributed by atoms with Gasteiger partial charge in [0, 0.05) is 40.3 Å². The molecule has 3 aromatic rings. The molecule has 0 fully saturated rings. The molecular formula is C21H12Cl2N2O3. The van der Waals surface area contributed by atoms with Crippen molar-refractivity contribution in [2.24, 2.45) is 0 Å². The van der Waals surface area contributed by atoms with Crippen LogP contribution in [-0.4, -0.2) is 21.8 Å². The van der Waals surface area contributed by atoms with Crippen LogP contribution in [0.3, 0.4) is 0 Å². The van der Waals surface area contributed by atoms with Crippen molar-refractivity contribution >= 4 is 52.2 Å². The van der Waals surface area contributed by atoms with Gasteiger partial charge in [0.15, 0.2) is 11.5 Å². The lowest BCUT2D eigenvalue weighted by Gasteiger charge is -2.05. The molecule has 138 valence electrons. The molecular weight excluding hydrogens is 399 g/mol. The molecule has 2 aromatic carbocycles. The standard InChI is InChI=1S/C21H12Cl2N2O3/c22-16-8-11(9-17(23)20(16)27)7-15-14-10-13(1-2-18(14)25-21(15)28)19(26)12-3-5-24-6-4-12/h1-10,27H,(H,25,28)/b15-7-. The van der Waals surface area contributed by atoms with Crippen LogP contribution >= 0.6 is 23.2 Å². The molecule has 4 rings (SSSR count). The smallest absolute Gasteiger partial charge is 0.256 e. The van der Waals surface area contributed by atoms with Crippen LogP contribution in [0.4, 0.5) is 5.69 Å². The van der Waals surface area contributed by atoms with Crippen LogP contribution in [-0.2, 0) is 4.79 Å². The van der Waals surface area contributed by atoms with Gasteiger partial charge in [0.05, 0.1) is 10.0 Å². The minimum atomic E-state index is -0.302. The highest BCUT2D eigenvalue weighted by Gasteiger charge is 2.25. The Labute approximate surface area is 170 Å². The highest BCUT2D eigenvalue weighted by Crippen LogP contribution is 2.37. The van der Waals surface area contributed by atoms with Gasteiger partial charge in [0.2, 0.25) is 0 Å². The fraction of sp³-hybridized carbons (Fsp3) is 0. The number of aromatic hydroxyl groups is 1. The Morgan fingerprint density at radius 2 is 1.68 bits per heavy atom. The number of ketones is 1. The fourth-order valence-corrected chi connectivity index (χ4v) is 3.48. The number of nitrogens with one attached hydrogen (secondary N) is 1. The van der Waals surface area contributed by atoms with Crippen LogP contribution in [0.5, 0.6) is 5.75 Å². The Bertz CT molecular complexity index is 1130. The van der Waals surface area contributed by atoms with Gasteiger partial charge in [0.1, 0.15) is 0 Å². The number of carbonyl (C=O) groups is 2. The SMILES string of the molecule is O=C1Nc2ccc(C(=O)c3ccncc3)cc2/C1=C/c1cc(Cl)c(O)c(Cl)c1. The monoisotopic (exact) mass is 410 g/mol. The Balaban J connectivity index is 1.77. The number of hydrogen-bond acceptors (Lipinski definition) is 4. The third-order valence-electron chi connectivity index (χ3n) is 4.36. The molecule has 0 atom stereocenters. The number of aromatic nitrogens is 1. The van der Waals surface area contributed by atoms with Crippen LogP contribution in [0, 0.1) is 0 Å². The molecule has 1 aliphatic heterocycles. The molecule has 0 bridgehead atoms. The van der Waals surface area contributed by atoms with E-state index in [0.29, 0.717) is 33.5 Å². The van der Waals surface area contributed by atoms with E-state index in [1.54, 1.807) is 48.8 Å². The predicted octanol–water partition coefficient (Wildman–Crippen LogP) is 4.82. The first-order chi connectivity index (χ1) is 13.4. The van der Waals surface area contributed by atoms with Crippen LogP contribution < -0.4 is 5.32 Å². The zero-order valence-corrected chi connectivity index (χ0v) is 15.8. The Kier molecular flexibility index (Phi) is 4.63. The maximum atomic E-state index is 12.7. The summed E-state index contributed by atoms with van der Waals surface area (Å²) in [6, 6.07) is 11.3. The van der Waals surface area contributed by atoms with Gasteiger partial charge in [-0.05, 0) is 54.1 Å². The van der Waals surface area contributed by atoms with E-state index in [0.717, 1.165) is 0 Å². The van der Waals surface area contributed by atoms with E-state index in [1.807, 2.05) is 0 Å². The van der Waals surface area contributed by atoms with Gasteiger partial charge >= 0.3 is 0 Å². The molecule has 0 saturated carbocycles. The lowest BCUT2D eigenvalue weighted by atomic mass is 9.98. The van der Waals surface area contributed by atoms with Crippen molar-refractivity contribution in [3.63, 3.8) is 0 Å². The molecule has 2 N–H and O–H groups in total. The van der Waals surface area contributed by atoms with E-state index in [-0.39, 0.29) is 27.5 Å². The molecule has 2 heterocycles. The van der Waals surface area contributed by atoms with Crippen LogP contribution in [0.25, 0.3) is 11.6 Å². The molecule has 0 saturated heterocycles. The number of rotatable bonds is 3. The highest BCUT2D eigenvalue weighted by atomic mass is 35.5. The first-order valence-electron chi connectivity index (χ1n) is 8.24. The minimum Gasteiger partial charge on any atom is -0.505 e. The lowest BCUT2D eigenvalue weighted by molar-refractivity contribution is -0.110. The van der Waals surface area contributed by atoms with Crippen molar-refractivity contribution in [1.29, 1.82) is 0 Å². The van der Waals surface area contributed by atoms with Crippen LogP contribution in [0.2, 0.25) is 10.0 Å². The van der Waals surface area contributed by atoms with E-state index in [2.05, 4.69) is 10.3 Å². The number of phenolic OH excluding ortho intramolecular Hbond substituents is 1. The highest BCUT2D eigenvalue weighted by molar-refractivity contribution is 6.38. The number of hydrogen-bond donors (Lipinski definition) is 2. The zero-order valence-electron chi connectivity index (χ0n) is 14.2. The lowest BCUT2D eigenvalue weighted by Crippen LogP contribution is -2.03. The van der Waals surface area contributed by atoms with Crippen molar-refractivity contribution < 1.29 is 14.7 Å². The first-order valence-corrected chi connectivity index (χ1v) is 9.00. The van der Waals surface area contributed by atoms with Crippen LogP contribution in [0.1, 0.15) is 27.0 Å². The van der Waals surface area contributed by atoms with E-state index in [4.69, 9.17) is 23.2 Å². The summed E-state index contributed by atoms with van der Waals surface area (Å²) >= 11 is 11.9. The van der Waals surface area contributed by atoms with Gasteiger partial charge < -0.3 is 10.4 Å². The molecule has 0 aliphatic carbocycles. The largest absolute Gasteiger partial charge is 0.505 e. The Morgan fingerprint density at radius 1 is 1.00 bits per heavy atom. The molecule has 5 nitrogen and oxygen atoms in total. The van der Waals surface area contributed by atoms with Crippen LogP contribution in [0.15, 0.2) is 54.9 Å². The minimum absolute atomic E-state index is 0.0830. The number of phenols is 1. The van der Waals surface area contributed by atoms with E-state index < -0.39 is 0 Å². The number of fused-ring (bicyclic) bond motifs is 1. The molecule has 1 amide bonds. The predicted molar refractivity (Wildman–Crippen MR) is 109 cm³/mol. The summed E-state index contributed by atoms with van der Waals surface area (Å²) in [6.45, 7) is 0. The topological polar surface area (TPSA) is 79.3 Å². The van der Waals surface area contributed by atoms with Gasteiger partial charge in [-0.3, -0.25) is 14.6 Å². The van der Waals surface area contributed by atoms with Gasteiger partial charge in [-0.25, -0.2) is 0 Å². The summed E-state index contributed by atoms with van der Waals surface area (Å²) in [5, 5.41) is 12.6. The van der Waals surface area contributed by atoms with Gasteiger partial charge in [-0.15, -0.1) is 0 Å². The number of carbonyl (C=O) groups excluding carboxylic acids is 2. The molecule has 28 heavy (non-hydrogen) atoms. The summed E-state index contributed by atoms with van der Waals surface area (Å²) in [5.74, 6) is -0.685. The summed E-state index contributed by atoms with van der Waals surface area (Å²) in [6.07, 6.45) is 4.71. The number of pyridine rings is 1. The van der Waals surface area contributed by atoms with Crippen molar-refractivity contribution in [2.45, 2.75) is 0 Å². The number of benzene rings is 2. The first kappa shape index (κ1) is 18.2. The maximum absolute atomic E-state index is 12.7. The van der Waals surface area contributed by atoms with Gasteiger partial charge in [-0.2, -0.15) is 0 Å². The molecule has 1 aromatic heterocycles. The van der Waals surface area contributed by atoms with E-state index in [9.17, 15) is 14.7 Å². The summed E-state index contributed by atoms with van der Waals surface area (Å²) in [5.41, 5.74) is 3.10. The molecule has 1 aliphatic rings. The fourth-order valence-electron chi connectivity index (χ4n) is 2.98. The third-order valence-corrected chi connectivity index (χ3v) is 4.93. The second-order valence-electron chi connectivity index (χ2n) is 6.17. The van der Waals surface area contributed by atoms with Crippen molar-refractivity contribution in [2.75, 3.05) is 5.32 Å². The average Bonchev–Trinajstić information content (AvgIpc) is 3.00. The number of anilines is 1. The molecule has 0 spiro atoms. The Morgan fingerprint density at radius 3 is 2.36 bits per heavy atom. The molecule has 0 radical (unpaired) electrons. The second-order valence-corrected chi connectivity index (χ2v) is 6.99. The average molecular weight is 411 g/mol. The normalized spacial score (nSPS) is 14.1. The zero-order chi connectivity index (χ0) is 19.8. The quantitative estimate of drug-likeness (QED) is 0.479. The number of amides is 1. The number of halogens is 2. The van der Waals surface area contributed by atoms with Gasteiger partial charge in [0.25, 0.3) is 5.91 Å². The van der Waals surface area contributed by atoms with E-state index in [1.165, 1.54) is 12.1 Å². The summed E-state index contributed by atoms with van der Waals surface area (Å²) in [4.78, 5) is 29.1. The van der Waals surface area contributed by atoms with Gasteiger partial charge in [-0.1, -0.05) is 23.2 Å². The van der Waals surface area contributed by atoms with E-state index >= 15 is 0 Å². The number of nitrogens with zero attached hydrogens (tertiary/aromatic N) is 1. The Hall–Kier alpha value is -3.15.